The molecule has 0 spiro atoms. The van der Waals surface area contributed by atoms with Crippen LogP contribution in [0.25, 0.3) is 0 Å². The standard InChI is InChI=1S/C12H22F2N2O2/c1-9-3-2-5-15-10(9)7-16-12(17)4-6-18-8-11(13)14/h9-11,15H,2-8H2,1H3,(H,16,17). The Labute approximate surface area is 106 Å². The van der Waals surface area contributed by atoms with Crippen LogP contribution in [-0.4, -0.2) is 44.7 Å². The number of halogens is 2. The minimum atomic E-state index is -2.47. The zero-order chi connectivity index (χ0) is 13.4. The summed E-state index contributed by atoms with van der Waals surface area (Å²) in [6.07, 6.45) is 0.00622. The molecular weight excluding hydrogens is 242 g/mol. The molecule has 106 valence electrons. The lowest BCUT2D eigenvalue weighted by Gasteiger charge is -2.30. The van der Waals surface area contributed by atoms with E-state index in [4.69, 9.17) is 0 Å². The number of hydrogen-bond donors (Lipinski definition) is 2. The largest absolute Gasteiger partial charge is 0.375 e. The fourth-order valence-electron chi connectivity index (χ4n) is 2.04. The quantitative estimate of drug-likeness (QED) is 0.679. The van der Waals surface area contributed by atoms with E-state index in [0.717, 1.165) is 6.54 Å². The lowest BCUT2D eigenvalue weighted by molar-refractivity contribution is -0.122. The Morgan fingerprint density at radius 2 is 2.33 bits per heavy atom. The second-order valence-electron chi connectivity index (χ2n) is 4.70. The van der Waals surface area contributed by atoms with Crippen molar-refractivity contribution in [1.29, 1.82) is 0 Å². The van der Waals surface area contributed by atoms with Crippen molar-refractivity contribution in [2.45, 2.75) is 38.7 Å². The van der Waals surface area contributed by atoms with Crippen molar-refractivity contribution in [2.75, 3.05) is 26.3 Å². The van der Waals surface area contributed by atoms with Gasteiger partial charge in [-0.25, -0.2) is 8.78 Å². The van der Waals surface area contributed by atoms with Crippen LogP contribution in [0, 0.1) is 5.92 Å². The Morgan fingerprint density at radius 3 is 3.00 bits per heavy atom. The first-order valence-electron chi connectivity index (χ1n) is 6.45. The highest BCUT2D eigenvalue weighted by atomic mass is 19.3. The number of ether oxygens (including phenoxy) is 1. The average molecular weight is 264 g/mol. The maximum Gasteiger partial charge on any atom is 0.261 e. The summed E-state index contributed by atoms with van der Waals surface area (Å²) in [6, 6.07) is 0.310. The molecule has 1 aliphatic heterocycles. The number of piperidine rings is 1. The minimum Gasteiger partial charge on any atom is -0.375 e. The monoisotopic (exact) mass is 264 g/mol. The summed E-state index contributed by atoms with van der Waals surface area (Å²) in [7, 11) is 0. The molecular formula is C12H22F2N2O2. The normalized spacial score (nSPS) is 24.2. The zero-order valence-corrected chi connectivity index (χ0v) is 10.8. The maximum absolute atomic E-state index is 11.8. The highest BCUT2D eigenvalue weighted by molar-refractivity contribution is 5.75. The molecule has 2 atom stereocenters. The lowest BCUT2D eigenvalue weighted by atomic mass is 9.93. The molecule has 0 aliphatic carbocycles. The maximum atomic E-state index is 11.8. The molecule has 1 fully saturated rings. The van der Waals surface area contributed by atoms with Gasteiger partial charge in [0.2, 0.25) is 5.91 Å². The second kappa shape index (κ2) is 8.37. The Bertz CT molecular complexity index is 252. The first-order valence-corrected chi connectivity index (χ1v) is 6.45. The van der Waals surface area contributed by atoms with Crippen molar-refractivity contribution in [3.63, 3.8) is 0 Å². The van der Waals surface area contributed by atoms with Crippen molar-refractivity contribution in [2.24, 2.45) is 5.92 Å². The Morgan fingerprint density at radius 1 is 1.56 bits per heavy atom. The van der Waals surface area contributed by atoms with Crippen molar-refractivity contribution in [1.82, 2.24) is 10.6 Å². The highest BCUT2D eigenvalue weighted by Crippen LogP contribution is 2.14. The third-order valence-corrected chi connectivity index (χ3v) is 3.17. The number of hydrogen-bond acceptors (Lipinski definition) is 3. The number of carbonyl (C=O) groups is 1. The molecule has 0 aromatic heterocycles. The topological polar surface area (TPSA) is 50.4 Å². The first-order chi connectivity index (χ1) is 8.59. The number of rotatable bonds is 7. The molecule has 2 unspecified atom stereocenters. The smallest absolute Gasteiger partial charge is 0.261 e. The molecule has 0 aromatic rings. The molecule has 0 bridgehead atoms. The van der Waals surface area contributed by atoms with E-state index in [2.05, 4.69) is 22.3 Å². The summed E-state index contributed by atoms with van der Waals surface area (Å²) in [5.74, 6) is 0.401. The van der Waals surface area contributed by atoms with Crippen molar-refractivity contribution < 1.29 is 18.3 Å². The van der Waals surface area contributed by atoms with Gasteiger partial charge in [0, 0.05) is 19.0 Å². The molecule has 1 saturated heterocycles. The van der Waals surface area contributed by atoms with Gasteiger partial charge >= 0.3 is 0 Å². The molecule has 1 rings (SSSR count). The summed E-state index contributed by atoms with van der Waals surface area (Å²) in [4.78, 5) is 11.4. The summed E-state index contributed by atoms with van der Waals surface area (Å²) in [5.41, 5.74) is 0. The molecule has 0 aromatic carbocycles. The van der Waals surface area contributed by atoms with Gasteiger partial charge in [-0.05, 0) is 25.3 Å². The van der Waals surface area contributed by atoms with Gasteiger partial charge in [-0.1, -0.05) is 6.92 Å². The van der Waals surface area contributed by atoms with E-state index in [1.165, 1.54) is 12.8 Å². The van der Waals surface area contributed by atoms with Crippen molar-refractivity contribution >= 4 is 5.91 Å². The van der Waals surface area contributed by atoms with Crippen LogP contribution in [0.5, 0.6) is 0 Å². The fraction of sp³-hybridized carbons (Fsp3) is 0.917. The SMILES string of the molecule is CC1CCCNC1CNC(=O)CCOCC(F)F. The Hall–Kier alpha value is -0.750. The molecule has 1 amide bonds. The van der Waals surface area contributed by atoms with Gasteiger partial charge in [0.25, 0.3) is 6.43 Å². The molecule has 4 nitrogen and oxygen atoms in total. The molecule has 2 N–H and O–H groups in total. The first kappa shape index (κ1) is 15.3. The number of carbonyl (C=O) groups excluding carboxylic acids is 1. The summed E-state index contributed by atoms with van der Waals surface area (Å²) >= 11 is 0. The van der Waals surface area contributed by atoms with E-state index >= 15 is 0 Å². The van der Waals surface area contributed by atoms with Gasteiger partial charge in [0.05, 0.1) is 6.61 Å². The van der Waals surface area contributed by atoms with Crippen LogP contribution >= 0.6 is 0 Å². The zero-order valence-electron chi connectivity index (χ0n) is 10.8. The third-order valence-electron chi connectivity index (χ3n) is 3.17. The molecule has 0 radical (unpaired) electrons. The predicted octanol–water partition coefficient (Wildman–Crippen LogP) is 1.16. The molecule has 1 aliphatic rings. The Kier molecular flexibility index (Phi) is 7.12. The lowest BCUT2D eigenvalue weighted by Crippen LogP contribution is -2.47. The van der Waals surface area contributed by atoms with Gasteiger partial charge < -0.3 is 15.4 Å². The van der Waals surface area contributed by atoms with Crippen LogP contribution in [-0.2, 0) is 9.53 Å². The van der Waals surface area contributed by atoms with Crippen molar-refractivity contribution in [3.8, 4) is 0 Å². The summed E-state index contributed by atoms with van der Waals surface area (Å²) in [5, 5.41) is 6.16. The van der Waals surface area contributed by atoms with Gasteiger partial charge in [-0.15, -0.1) is 0 Å². The fourth-order valence-corrected chi connectivity index (χ4v) is 2.04. The molecule has 18 heavy (non-hydrogen) atoms. The molecule has 6 heteroatoms. The van der Waals surface area contributed by atoms with Crippen LogP contribution in [0.15, 0.2) is 0 Å². The van der Waals surface area contributed by atoms with Gasteiger partial charge in [0.1, 0.15) is 6.61 Å². The van der Waals surface area contributed by atoms with E-state index in [0.29, 0.717) is 18.5 Å². The van der Waals surface area contributed by atoms with E-state index in [-0.39, 0.29) is 18.9 Å². The molecule has 0 saturated carbocycles. The van der Waals surface area contributed by atoms with Crippen LogP contribution in [0.4, 0.5) is 8.78 Å². The van der Waals surface area contributed by atoms with Gasteiger partial charge in [0.15, 0.2) is 0 Å². The van der Waals surface area contributed by atoms with Crippen LogP contribution < -0.4 is 10.6 Å². The number of amides is 1. The average Bonchev–Trinajstić information content (AvgIpc) is 2.33. The van der Waals surface area contributed by atoms with Crippen LogP contribution in [0.3, 0.4) is 0 Å². The second-order valence-corrected chi connectivity index (χ2v) is 4.70. The third kappa shape index (κ3) is 6.26. The van der Waals surface area contributed by atoms with E-state index in [9.17, 15) is 13.6 Å². The van der Waals surface area contributed by atoms with Crippen molar-refractivity contribution in [3.05, 3.63) is 0 Å². The van der Waals surface area contributed by atoms with E-state index in [1.807, 2.05) is 0 Å². The predicted molar refractivity (Wildman–Crippen MR) is 64.6 cm³/mol. The Balaban J connectivity index is 2.05. The minimum absolute atomic E-state index is 0.0455. The highest BCUT2D eigenvalue weighted by Gasteiger charge is 2.20. The summed E-state index contributed by atoms with van der Waals surface area (Å²) < 4.78 is 28.2. The van der Waals surface area contributed by atoms with Crippen LogP contribution in [0.1, 0.15) is 26.2 Å². The number of alkyl halides is 2. The summed E-state index contributed by atoms with van der Waals surface area (Å²) in [6.45, 7) is 3.18. The number of nitrogens with one attached hydrogen (secondary N) is 2. The van der Waals surface area contributed by atoms with Crippen LogP contribution in [0.2, 0.25) is 0 Å². The van der Waals surface area contributed by atoms with E-state index < -0.39 is 13.0 Å². The molecule has 1 heterocycles. The van der Waals surface area contributed by atoms with Gasteiger partial charge in [-0.3, -0.25) is 4.79 Å². The van der Waals surface area contributed by atoms with E-state index in [1.54, 1.807) is 0 Å². The van der Waals surface area contributed by atoms with Gasteiger partial charge in [-0.2, -0.15) is 0 Å².